The Hall–Kier alpha value is -3.04. The normalized spacial score (nSPS) is 11.8. The second kappa shape index (κ2) is 9.22. The lowest BCUT2D eigenvalue weighted by molar-refractivity contribution is -0.137. The minimum absolute atomic E-state index is 0.0163. The topological polar surface area (TPSA) is 66.5 Å². The Kier molecular flexibility index (Phi) is 6.80. The maximum Gasteiger partial charge on any atom is 0.417 e. The molecular weight excluding hydrogens is 465 g/mol. The monoisotopic (exact) mass is 482 g/mol. The molecule has 10 heteroatoms. The third kappa shape index (κ3) is 5.60. The standard InChI is InChI=1S/C22H18ClF3N2O3S/c1-32(30,31)28(14-15-7-3-2-4-8-15)20-10-6-5-9-17(20)21(29)27-16-11-12-19(23)18(13-16)22(24,25)26/h2-13H,14H2,1H3,(H,27,29). The Balaban J connectivity index is 1.97. The summed E-state index contributed by atoms with van der Waals surface area (Å²) in [4.78, 5) is 12.9. The van der Waals surface area contributed by atoms with Gasteiger partial charge in [0.05, 0.1) is 34.6 Å². The number of halogens is 4. The van der Waals surface area contributed by atoms with E-state index in [1.807, 2.05) is 0 Å². The number of alkyl halides is 3. The number of rotatable bonds is 6. The number of nitrogens with one attached hydrogen (secondary N) is 1. The van der Waals surface area contributed by atoms with Crippen LogP contribution in [0, 0.1) is 0 Å². The molecule has 0 aliphatic carbocycles. The Morgan fingerprint density at radius 1 is 1.00 bits per heavy atom. The molecule has 0 radical (unpaired) electrons. The highest BCUT2D eigenvalue weighted by Crippen LogP contribution is 2.36. The SMILES string of the molecule is CS(=O)(=O)N(Cc1ccccc1)c1ccccc1C(=O)Nc1ccc(Cl)c(C(F)(F)F)c1. The van der Waals surface area contributed by atoms with Crippen LogP contribution < -0.4 is 9.62 Å². The van der Waals surface area contributed by atoms with Crippen molar-refractivity contribution >= 4 is 38.9 Å². The van der Waals surface area contributed by atoms with E-state index >= 15 is 0 Å². The van der Waals surface area contributed by atoms with Gasteiger partial charge in [0.2, 0.25) is 10.0 Å². The highest BCUT2D eigenvalue weighted by Gasteiger charge is 2.33. The Morgan fingerprint density at radius 3 is 2.25 bits per heavy atom. The largest absolute Gasteiger partial charge is 0.417 e. The van der Waals surface area contributed by atoms with Crippen molar-refractivity contribution in [3.8, 4) is 0 Å². The van der Waals surface area contributed by atoms with E-state index in [0.29, 0.717) is 5.56 Å². The van der Waals surface area contributed by atoms with E-state index in [4.69, 9.17) is 11.6 Å². The predicted octanol–water partition coefficient (Wildman–Crippen LogP) is 5.58. The van der Waals surface area contributed by atoms with Gasteiger partial charge in [0.15, 0.2) is 0 Å². The highest BCUT2D eigenvalue weighted by molar-refractivity contribution is 7.92. The summed E-state index contributed by atoms with van der Waals surface area (Å²) in [5, 5.41) is 1.89. The van der Waals surface area contributed by atoms with Crippen LogP contribution in [0.2, 0.25) is 5.02 Å². The zero-order valence-corrected chi connectivity index (χ0v) is 18.3. The lowest BCUT2D eigenvalue weighted by atomic mass is 10.1. The molecule has 0 aromatic heterocycles. The van der Waals surface area contributed by atoms with Crippen LogP contribution in [0.15, 0.2) is 72.8 Å². The fourth-order valence-corrected chi connectivity index (χ4v) is 4.16. The number of nitrogens with zero attached hydrogens (tertiary/aromatic N) is 1. The molecule has 0 saturated carbocycles. The van der Waals surface area contributed by atoms with Crippen LogP contribution in [0.25, 0.3) is 0 Å². The molecule has 32 heavy (non-hydrogen) atoms. The summed E-state index contributed by atoms with van der Waals surface area (Å²) in [6, 6.07) is 17.7. The van der Waals surface area contributed by atoms with Crippen LogP contribution in [0.5, 0.6) is 0 Å². The van der Waals surface area contributed by atoms with E-state index in [0.717, 1.165) is 22.7 Å². The molecule has 0 aliphatic heterocycles. The summed E-state index contributed by atoms with van der Waals surface area (Å²) in [5.41, 5.74) is -0.443. The minimum atomic E-state index is -4.70. The van der Waals surface area contributed by atoms with Crippen molar-refractivity contribution in [2.45, 2.75) is 12.7 Å². The molecule has 0 aliphatic rings. The number of sulfonamides is 1. The molecule has 0 fully saturated rings. The van der Waals surface area contributed by atoms with Crippen LogP contribution in [0.1, 0.15) is 21.5 Å². The molecule has 1 N–H and O–H groups in total. The first-order valence-corrected chi connectivity index (χ1v) is 11.5. The Labute approximate surface area is 188 Å². The molecular formula is C22H18ClF3N2O3S. The second-order valence-corrected chi connectivity index (χ2v) is 9.23. The Morgan fingerprint density at radius 2 is 1.62 bits per heavy atom. The number of benzene rings is 3. The minimum Gasteiger partial charge on any atom is -0.322 e. The van der Waals surface area contributed by atoms with Crippen LogP contribution in [0.3, 0.4) is 0 Å². The number of para-hydroxylation sites is 1. The van der Waals surface area contributed by atoms with Gasteiger partial charge in [0.1, 0.15) is 0 Å². The molecule has 3 rings (SSSR count). The van der Waals surface area contributed by atoms with E-state index in [1.54, 1.807) is 36.4 Å². The van der Waals surface area contributed by atoms with Gasteiger partial charge in [-0.2, -0.15) is 13.2 Å². The van der Waals surface area contributed by atoms with Crippen LogP contribution >= 0.6 is 11.6 Å². The lowest BCUT2D eigenvalue weighted by Crippen LogP contribution is -2.31. The average molecular weight is 483 g/mol. The summed E-state index contributed by atoms with van der Waals surface area (Å²) in [6.07, 6.45) is -3.68. The molecule has 0 saturated heterocycles. The molecule has 0 spiro atoms. The second-order valence-electron chi connectivity index (χ2n) is 6.92. The number of carbonyl (C=O) groups is 1. The zero-order valence-electron chi connectivity index (χ0n) is 16.7. The first kappa shape index (κ1) is 23.6. The molecule has 0 unspecified atom stereocenters. The summed E-state index contributed by atoms with van der Waals surface area (Å²) in [6.45, 7) is -0.0247. The number of amides is 1. The molecule has 0 bridgehead atoms. The first-order chi connectivity index (χ1) is 15.0. The molecule has 168 valence electrons. The van der Waals surface area contributed by atoms with Gasteiger partial charge in [0.25, 0.3) is 5.91 Å². The van der Waals surface area contributed by atoms with E-state index < -0.39 is 32.7 Å². The fourth-order valence-electron chi connectivity index (χ4n) is 3.03. The lowest BCUT2D eigenvalue weighted by Gasteiger charge is -2.25. The number of hydrogen-bond acceptors (Lipinski definition) is 3. The van der Waals surface area contributed by atoms with Crippen molar-refractivity contribution in [1.29, 1.82) is 0 Å². The third-order valence-corrected chi connectivity index (χ3v) is 5.97. The maximum atomic E-state index is 13.1. The van der Waals surface area contributed by atoms with Gasteiger partial charge in [-0.1, -0.05) is 54.1 Å². The van der Waals surface area contributed by atoms with Crippen LogP contribution in [-0.4, -0.2) is 20.6 Å². The van der Waals surface area contributed by atoms with Gasteiger partial charge in [-0.25, -0.2) is 8.42 Å². The van der Waals surface area contributed by atoms with Crippen molar-refractivity contribution in [2.24, 2.45) is 0 Å². The first-order valence-electron chi connectivity index (χ1n) is 9.25. The quantitative estimate of drug-likeness (QED) is 0.499. The number of hydrogen-bond donors (Lipinski definition) is 1. The van der Waals surface area contributed by atoms with Crippen molar-refractivity contribution in [2.75, 3.05) is 15.9 Å². The molecule has 0 heterocycles. The van der Waals surface area contributed by atoms with E-state index in [9.17, 15) is 26.4 Å². The highest BCUT2D eigenvalue weighted by atomic mass is 35.5. The van der Waals surface area contributed by atoms with Gasteiger partial charge in [-0.15, -0.1) is 0 Å². The zero-order chi connectivity index (χ0) is 23.5. The fraction of sp³-hybridized carbons (Fsp3) is 0.136. The maximum absolute atomic E-state index is 13.1. The summed E-state index contributed by atoms with van der Waals surface area (Å²) in [5.74, 6) is -0.766. The Bertz CT molecular complexity index is 1230. The van der Waals surface area contributed by atoms with Gasteiger partial charge in [-0.3, -0.25) is 9.10 Å². The molecule has 3 aromatic rings. The van der Waals surface area contributed by atoms with Gasteiger partial charge < -0.3 is 5.32 Å². The van der Waals surface area contributed by atoms with Crippen LogP contribution in [0.4, 0.5) is 24.5 Å². The molecule has 1 amide bonds. The van der Waals surface area contributed by atoms with Crippen molar-refractivity contribution in [1.82, 2.24) is 0 Å². The van der Waals surface area contributed by atoms with E-state index in [2.05, 4.69) is 5.32 Å². The number of anilines is 2. The van der Waals surface area contributed by atoms with Crippen LogP contribution in [-0.2, 0) is 22.7 Å². The van der Waals surface area contributed by atoms with E-state index in [1.165, 1.54) is 24.3 Å². The van der Waals surface area contributed by atoms with Crippen molar-refractivity contribution in [3.05, 3.63) is 94.5 Å². The summed E-state index contributed by atoms with van der Waals surface area (Å²) in [7, 11) is -3.79. The summed E-state index contributed by atoms with van der Waals surface area (Å²) < 4.78 is 65.5. The van der Waals surface area contributed by atoms with Gasteiger partial charge in [0, 0.05) is 5.69 Å². The van der Waals surface area contributed by atoms with Crippen molar-refractivity contribution < 1.29 is 26.4 Å². The van der Waals surface area contributed by atoms with Gasteiger partial charge >= 0.3 is 6.18 Å². The summed E-state index contributed by atoms with van der Waals surface area (Å²) >= 11 is 5.62. The average Bonchev–Trinajstić information content (AvgIpc) is 2.72. The predicted molar refractivity (Wildman–Crippen MR) is 118 cm³/mol. The number of carbonyl (C=O) groups excluding carboxylic acids is 1. The molecule has 5 nitrogen and oxygen atoms in total. The molecule has 0 atom stereocenters. The van der Waals surface area contributed by atoms with E-state index in [-0.39, 0.29) is 23.5 Å². The molecule has 3 aromatic carbocycles. The smallest absolute Gasteiger partial charge is 0.322 e. The van der Waals surface area contributed by atoms with Crippen molar-refractivity contribution in [3.63, 3.8) is 0 Å². The third-order valence-electron chi connectivity index (χ3n) is 4.52. The van der Waals surface area contributed by atoms with Gasteiger partial charge in [-0.05, 0) is 35.9 Å².